The Hall–Kier alpha value is -1.60. The van der Waals surface area contributed by atoms with Gasteiger partial charge in [-0.25, -0.2) is 4.79 Å². The Bertz CT molecular complexity index is 613. The van der Waals surface area contributed by atoms with Gasteiger partial charge in [-0.1, -0.05) is 19.8 Å². The molecule has 1 aromatic heterocycles. The molecule has 2 fully saturated rings. The van der Waals surface area contributed by atoms with Crippen LogP contribution >= 0.6 is 11.3 Å². The van der Waals surface area contributed by atoms with E-state index in [0.29, 0.717) is 13.0 Å². The van der Waals surface area contributed by atoms with Crippen molar-refractivity contribution in [2.45, 2.75) is 64.1 Å². The third-order valence-corrected chi connectivity index (χ3v) is 6.53. The molecule has 2 heterocycles. The van der Waals surface area contributed by atoms with Crippen LogP contribution in [0.4, 0.5) is 4.79 Å². The van der Waals surface area contributed by atoms with E-state index in [9.17, 15) is 9.59 Å². The number of carbonyl (C=O) groups excluding carboxylic acids is 2. The first-order chi connectivity index (χ1) is 12.6. The van der Waals surface area contributed by atoms with Crippen LogP contribution in [0.3, 0.4) is 0 Å². The molecule has 7 heteroatoms. The van der Waals surface area contributed by atoms with Crippen LogP contribution in [0.5, 0.6) is 0 Å². The topological polar surface area (TPSA) is 87.5 Å². The van der Waals surface area contributed by atoms with Crippen LogP contribution in [-0.2, 0) is 11.3 Å². The molecule has 1 aliphatic heterocycles. The van der Waals surface area contributed by atoms with Gasteiger partial charge in [-0.15, -0.1) is 0 Å². The van der Waals surface area contributed by atoms with Crippen molar-refractivity contribution in [3.8, 4) is 0 Å². The molecule has 3 rings (SSSR count). The van der Waals surface area contributed by atoms with E-state index in [-0.39, 0.29) is 17.4 Å². The van der Waals surface area contributed by atoms with Crippen molar-refractivity contribution in [3.63, 3.8) is 0 Å². The van der Waals surface area contributed by atoms with E-state index in [1.54, 1.807) is 11.3 Å². The monoisotopic (exact) mass is 378 g/mol. The van der Waals surface area contributed by atoms with Crippen molar-refractivity contribution in [1.82, 2.24) is 15.5 Å². The molecule has 4 N–H and O–H groups in total. The smallest absolute Gasteiger partial charge is 0.312 e. The van der Waals surface area contributed by atoms with E-state index < -0.39 is 12.1 Å². The molecule has 2 unspecified atom stereocenters. The van der Waals surface area contributed by atoms with Gasteiger partial charge in [0, 0.05) is 12.6 Å². The van der Waals surface area contributed by atoms with Gasteiger partial charge in [0.25, 0.3) is 0 Å². The normalized spacial score (nSPS) is 22.0. The third kappa shape index (κ3) is 4.38. The van der Waals surface area contributed by atoms with Gasteiger partial charge < -0.3 is 21.3 Å². The maximum atomic E-state index is 13.4. The number of unbranched alkanes of at least 4 members (excludes halogenated alkanes) is 1. The van der Waals surface area contributed by atoms with Crippen molar-refractivity contribution in [1.29, 1.82) is 0 Å². The van der Waals surface area contributed by atoms with Gasteiger partial charge >= 0.3 is 6.03 Å². The number of piperidine rings is 1. The Kier molecular flexibility index (Phi) is 6.19. The molecule has 0 aromatic carbocycles. The summed E-state index contributed by atoms with van der Waals surface area (Å²) in [5.41, 5.74) is 6.76. The molecule has 1 spiro atoms. The molecule has 1 aliphatic carbocycles. The van der Waals surface area contributed by atoms with Gasteiger partial charge in [-0.05, 0) is 66.6 Å². The number of hydrogen-bond acceptors (Lipinski definition) is 4. The summed E-state index contributed by atoms with van der Waals surface area (Å²) in [6.07, 6.45) is 5.82. The van der Waals surface area contributed by atoms with Gasteiger partial charge in [0.2, 0.25) is 5.91 Å². The Morgan fingerprint density at radius 2 is 2.23 bits per heavy atom. The zero-order chi connectivity index (χ0) is 18.6. The van der Waals surface area contributed by atoms with Crippen LogP contribution in [0.25, 0.3) is 0 Å². The van der Waals surface area contributed by atoms with E-state index in [2.05, 4.69) is 29.0 Å². The molecular weight excluding hydrogens is 348 g/mol. The standard InChI is InChI=1S/C19H30N4O2S/c1-2-3-4-15(22-18(20)25)17(24)23(12-14-5-10-26-13-14)16-11-19(16)6-8-21-9-7-19/h5,10,13,15-16,21H,2-4,6-9,11-12H2,1H3,(H3,20,22,25). The van der Waals surface area contributed by atoms with Crippen LogP contribution in [0.2, 0.25) is 0 Å². The highest BCUT2D eigenvalue weighted by Gasteiger charge is 2.58. The molecule has 1 saturated heterocycles. The average molecular weight is 379 g/mol. The van der Waals surface area contributed by atoms with Gasteiger partial charge in [-0.3, -0.25) is 4.79 Å². The van der Waals surface area contributed by atoms with Crippen molar-refractivity contribution in [3.05, 3.63) is 22.4 Å². The third-order valence-electron chi connectivity index (χ3n) is 5.80. The summed E-state index contributed by atoms with van der Waals surface area (Å²) in [6.45, 7) is 4.75. The first kappa shape index (κ1) is 19.2. The summed E-state index contributed by atoms with van der Waals surface area (Å²) < 4.78 is 0. The molecule has 0 radical (unpaired) electrons. The van der Waals surface area contributed by atoms with Gasteiger partial charge in [0.05, 0.1) is 0 Å². The van der Waals surface area contributed by atoms with E-state index in [1.165, 1.54) is 0 Å². The molecular formula is C19H30N4O2S. The highest BCUT2D eigenvalue weighted by atomic mass is 32.1. The molecule has 1 saturated carbocycles. The second-order valence-corrected chi connectivity index (χ2v) is 8.41. The van der Waals surface area contributed by atoms with E-state index >= 15 is 0 Å². The summed E-state index contributed by atoms with van der Waals surface area (Å²) in [6, 6.07) is 1.20. The largest absolute Gasteiger partial charge is 0.352 e. The number of urea groups is 1. The summed E-state index contributed by atoms with van der Waals surface area (Å²) in [5.74, 6) is 0.0175. The number of hydrogen-bond donors (Lipinski definition) is 3. The van der Waals surface area contributed by atoms with Crippen LogP contribution in [-0.4, -0.2) is 42.0 Å². The van der Waals surface area contributed by atoms with Crippen molar-refractivity contribution in [2.75, 3.05) is 13.1 Å². The lowest BCUT2D eigenvalue weighted by molar-refractivity contribution is -0.135. The predicted molar refractivity (Wildman–Crippen MR) is 104 cm³/mol. The number of nitrogens with two attached hydrogens (primary N) is 1. The van der Waals surface area contributed by atoms with Crippen molar-refractivity contribution >= 4 is 23.3 Å². The molecule has 144 valence electrons. The van der Waals surface area contributed by atoms with E-state index in [1.807, 2.05) is 10.3 Å². The first-order valence-electron chi connectivity index (χ1n) is 9.64. The minimum Gasteiger partial charge on any atom is -0.352 e. The zero-order valence-electron chi connectivity index (χ0n) is 15.5. The summed E-state index contributed by atoms with van der Waals surface area (Å²) in [4.78, 5) is 26.8. The van der Waals surface area contributed by atoms with Crippen LogP contribution in [0, 0.1) is 5.41 Å². The van der Waals surface area contributed by atoms with Gasteiger partial charge in [-0.2, -0.15) is 11.3 Å². The Balaban J connectivity index is 1.77. The number of rotatable bonds is 8. The average Bonchev–Trinajstić information content (AvgIpc) is 3.06. The van der Waals surface area contributed by atoms with E-state index in [4.69, 9.17) is 5.73 Å². The van der Waals surface area contributed by atoms with Gasteiger partial charge in [0.1, 0.15) is 6.04 Å². The number of carbonyl (C=O) groups is 2. The number of primary amides is 1. The lowest BCUT2D eigenvalue weighted by Crippen LogP contribution is -2.51. The number of amides is 3. The lowest BCUT2D eigenvalue weighted by Gasteiger charge is -2.32. The quantitative estimate of drug-likeness (QED) is 0.649. The fourth-order valence-corrected chi connectivity index (χ4v) is 4.85. The Morgan fingerprint density at radius 3 is 2.85 bits per heavy atom. The highest BCUT2D eigenvalue weighted by molar-refractivity contribution is 7.07. The number of nitrogens with zero attached hydrogens (tertiary/aromatic N) is 1. The molecule has 6 nitrogen and oxygen atoms in total. The predicted octanol–water partition coefficient (Wildman–Crippen LogP) is 2.45. The second kappa shape index (κ2) is 8.39. The highest BCUT2D eigenvalue weighted by Crippen LogP contribution is 2.56. The number of thiophene rings is 1. The molecule has 0 bridgehead atoms. The van der Waals surface area contributed by atoms with E-state index in [0.717, 1.165) is 50.8 Å². The zero-order valence-corrected chi connectivity index (χ0v) is 16.3. The molecule has 1 aromatic rings. The summed E-state index contributed by atoms with van der Waals surface area (Å²) in [5, 5.41) is 10.2. The second-order valence-electron chi connectivity index (χ2n) is 7.63. The summed E-state index contributed by atoms with van der Waals surface area (Å²) in [7, 11) is 0. The lowest BCUT2D eigenvalue weighted by atomic mass is 9.93. The Morgan fingerprint density at radius 1 is 1.46 bits per heavy atom. The maximum Gasteiger partial charge on any atom is 0.312 e. The first-order valence-corrected chi connectivity index (χ1v) is 10.6. The van der Waals surface area contributed by atoms with Crippen molar-refractivity contribution < 1.29 is 9.59 Å². The fraction of sp³-hybridized carbons (Fsp3) is 0.684. The molecule has 2 aliphatic rings. The molecule has 3 amide bonds. The van der Waals surface area contributed by atoms with Crippen LogP contribution in [0.15, 0.2) is 16.8 Å². The van der Waals surface area contributed by atoms with Crippen molar-refractivity contribution in [2.24, 2.45) is 11.1 Å². The minimum absolute atomic E-state index is 0.0175. The summed E-state index contributed by atoms with van der Waals surface area (Å²) >= 11 is 1.65. The SMILES string of the molecule is CCCCC(NC(N)=O)C(=O)N(Cc1ccsc1)C1CC12CCNCC2. The van der Waals surface area contributed by atoms with Crippen LogP contribution < -0.4 is 16.4 Å². The molecule has 2 atom stereocenters. The number of nitrogens with one attached hydrogen (secondary N) is 2. The van der Waals surface area contributed by atoms with Gasteiger partial charge in [0.15, 0.2) is 0 Å². The maximum absolute atomic E-state index is 13.4. The minimum atomic E-state index is -0.623. The Labute approximate surface area is 159 Å². The fourth-order valence-electron chi connectivity index (χ4n) is 4.19. The molecule has 26 heavy (non-hydrogen) atoms. The van der Waals surface area contributed by atoms with Crippen LogP contribution in [0.1, 0.15) is 51.0 Å².